The van der Waals surface area contributed by atoms with Gasteiger partial charge in [-0.3, -0.25) is 0 Å². The van der Waals surface area contributed by atoms with Crippen molar-refractivity contribution in [2.45, 2.75) is 23.7 Å². The van der Waals surface area contributed by atoms with Crippen LogP contribution in [0, 0.1) is 7.05 Å². The summed E-state index contributed by atoms with van der Waals surface area (Å²) in [6.07, 6.45) is 2.21. The van der Waals surface area contributed by atoms with E-state index in [1.807, 2.05) is 12.1 Å². The Morgan fingerprint density at radius 3 is 2.18 bits per heavy atom. The van der Waals surface area contributed by atoms with E-state index in [9.17, 15) is 8.42 Å². The fourth-order valence-electron chi connectivity index (χ4n) is 2.29. The Hall–Kier alpha value is -0.910. The number of primary sulfonamides is 1. The summed E-state index contributed by atoms with van der Waals surface area (Å²) in [7, 11) is 0.420. The molecule has 17 heavy (non-hydrogen) atoms. The van der Waals surface area contributed by atoms with Crippen molar-refractivity contribution in [3.05, 3.63) is 36.9 Å². The van der Waals surface area contributed by atoms with E-state index in [1.165, 1.54) is 10.5 Å². The molecule has 1 aromatic carbocycles. The molecule has 3 N–H and O–H groups in total. The molecule has 94 valence electrons. The molecule has 5 heteroatoms. The van der Waals surface area contributed by atoms with Crippen LogP contribution in [-0.2, 0) is 10.0 Å². The molecular formula is C12H18N2O2S. The minimum absolute atomic E-state index is 0.182. The van der Waals surface area contributed by atoms with Crippen molar-refractivity contribution in [3.8, 4) is 0 Å². The highest BCUT2D eigenvalue weighted by molar-refractivity contribution is 7.89. The number of hydrogen-bond donors (Lipinski definition) is 2. The largest absolute Gasteiger partial charge is 0.468 e. The van der Waals surface area contributed by atoms with E-state index in [1.54, 1.807) is 12.1 Å². The van der Waals surface area contributed by atoms with Gasteiger partial charge in [-0.15, -0.1) is 0 Å². The van der Waals surface area contributed by atoms with Crippen LogP contribution in [0.15, 0.2) is 29.2 Å². The van der Waals surface area contributed by atoms with Crippen LogP contribution in [0.5, 0.6) is 0 Å². The van der Waals surface area contributed by atoms with Crippen LogP contribution < -0.4 is 10.0 Å². The highest BCUT2D eigenvalue weighted by Crippen LogP contribution is 2.24. The van der Waals surface area contributed by atoms with Gasteiger partial charge in [-0.1, -0.05) is 12.1 Å². The molecule has 4 nitrogen and oxygen atoms in total. The first-order valence-corrected chi connectivity index (χ1v) is 7.31. The van der Waals surface area contributed by atoms with Crippen molar-refractivity contribution in [2.75, 3.05) is 13.1 Å². The van der Waals surface area contributed by atoms with E-state index < -0.39 is 10.0 Å². The molecule has 0 unspecified atom stereocenters. The van der Waals surface area contributed by atoms with Gasteiger partial charge >= 0.3 is 0 Å². The number of quaternary nitrogens is 1. The summed E-state index contributed by atoms with van der Waals surface area (Å²) in [6, 6.07) is 6.93. The number of benzene rings is 1. The van der Waals surface area contributed by atoms with Gasteiger partial charge in [0.15, 0.2) is 0 Å². The molecule has 0 amide bonds. The maximum absolute atomic E-state index is 11.1. The summed E-state index contributed by atoms with van der Waals surface area (Å²) in [4.78, 5) is 1.50. The molecule has 1 heterocycles. The van der Waals surface area contributed by atoms with Gasteiger partial charge < -0.3 is 4.90 Å². The lowest BCUT2D eigenvalue weighted by atomic mass is 9.90. The van der Waals surface area contributed by atoms with Gasteiger partial charge in [0.25, 0.3) is 0 Å². The molecule has 1 saturated heterocycles. The zero-order chi connectivity index (χ0) is 12.5. The lowest BCUT2D eigenvalue weighted by Gasteiger charge is -2.31. The van der Waals surface area contributed by atoms with Gasteiger partial charge in [-0.2, -0.15) is 7.05 Å². The number of nitrogens with one attached hydrogen (secondary N) is 1. The van der Waals surface area contributed by atoms with Gasteiger partial charge in [0, 0.05) is 12.8 Å². The molecule has 1 aromatic rings. The van der Waals surface area contributed by atoms with E-state index in [-0.39, 0.29) is 4.90 Å². The molecule has 1 fully saturated rings. The standard InChI is InChI=1S/C12H18N2O2S/c1-14-8-6-11(7-9-14)10-2-4-12(5-3-10)17(13,15)16/h2-5,11,14H,1,6-9H2,(H2,13,15,16). The van der Waals surface area contributed by atoms with Crippen LogP contribution in [0.3, 0.4) is 0 Å². The number of nitrogens with two attached hydrogens (primary N) is 1. The van der Waals surface area contributed by atoms with E-state index in [4.69, 9.17) is 5.14 Å². The molecule has 0 aromatic heterocycles. The Balaban J connectivity index is 2.13. The Bertz CT molecular complexity index is 474. The monoisotopic (exact) mass is 254 g/mol. The summed E-state index contributed by atoms with van der Waals surface area (Å²) in [5.74, 6) is 0.523. The second-order valence-corrected chi connectivity index (χ2v) is 6.20. The van der Waals surface area contributed by atoms with Crippen molar-refractivity contribution >= 4 is 10.0 Å². The maximum Gasteiger partial charge on any atom is 0.238 e. The van der Waals surface area contributed by atoms with E-state index in [0.717, 1.165) is 25.9 Å². The first kappa shape index (κ1) is 12.5. The summed E-state index contributed by atoms with van der Waals surface area (Å²) in [5.41, 5.74) is 1.20. The fraction of sp³-hybridized carbons (Fsp3) is 0.417. The van der Waals surface area contributed by atoms with Gasteiger partial charge in [-0.25, -0.2) is 13.6 Å². The predicted molar refractivity (Wildman–Crippen MR) is 65.8 cm³/mol. The van der Waals surface area contributed by atoms with Crippen LogP contribution >= 0.6 is 0 Å². The Kier molecular flexibility index (Phi) is 3.51. The van der Waals surface area contributed by atoms with Crippen molar-refractivity contribution in [3.63, 3.8) is 0 Å². The van der Waals surface area contributed by atoms with Crippen LogP contribution in [0.4, 0.5) is 0 Å². The molecule has 2 rings (SSSR count). The lowest BCUT2D eigenvalue weighted by molar-refractivity contribution is -0.859. The number of rotatable bonds is 2. The third-order valence-electron chi connectivity index (χ3n) is 3.37. The lowest BCUT2D eigenvalue weighted by Crippen LogP contribution is -3.07. The van der Waals surface area contributed by atoms with Crippen molar-refractivity contribution < 1.29 is 13.3 Å². The highest BCUT2D eigenvalue weighted by Gasteiger charge is 2.19. The van der Waals surface area contributed by atoms with Crippen LogP contribution in [0.2, 0.25) is 0 Å². The molecule has 1 aliphatic rings. The number of sulfonamides is 1. The van der Waals surface area contributed by atoms with E-state index in [0.29, 0.717) is 5.92 Å². The summed E-state index contributed by atoms with van der Waals surface area (Å²) < 4.78 is 22.3. The predicted octanol–water partition coefficient (Wildman–Crippen LogP) is -0.112. The van der Waals surface area contributed by atoms with Gasteiger partial charge in [0.05, 0.1) is 18.0 Å². The van der Waals surface area contributed by atoms with Crippen LogP contribution in [0.25, 0.3) is 0 Å². The number of hydrogen-bond acceptors (Lipinski definition) is 2. The zero-order valence-electron chi connectivity index (χ0n) is 9.72. The van der Waals surface area contributed by atoms with Crippen molar-refractivity contribution in [2.24, 2.45) is 5.14 Å². The molecule has 1 aliphatic heterocycles. The zero-order valence-corrected chi connectivity index (χ0v) is 10.5. The third kappa shape index (κ3) is 3.06. The molecular weight excluding hydrogens is 236 g/mol. The molecule has 0 aliphatic carbocycles. The molecule has 0 atom stereocenters. The van der Waals surface area contributed by atoms with E-state index >= 15 is 0 Å². The second kappa shape index (κ2) is 4.76. The van der Waals surface area contributed by atoms with Crippen molar-refractivity contribution in [1.82, 2.24) is 0 Å². The fourth-order valence-corrected chi connectivity index (χ4v) is 2.80. The SMILES string of the molecule is [CH2-][NH+]1CCC(c2ccc(S(N)(=O)=O)cc2)CC1. The van der Waals surface area contributed by atoms with Gasteiger partial charge in [0.2, 0.25) is 10.0 Å². The quantitative estimate of drug-likeness (QED) is 0.723. The smallest absolute Gasteiger partial charge is 0.238 e. The minimum atomic E-state index is -3.57. The number of piperidine rings is 1. The van der Waals surface area contributed by atoms with Crippen LogP contribution in [-0.4, -0.2) is 21.5 Å². The first-order valence-electron chi connectivity index (χ1n) is 5.76. The minimum Gasteiger partial charge on any atom is -0.468 e. The van der Waals surface area contributed by atoms with E-state index in [2.05, 4.69) is 7.05 Å². The Labute approximate surface area is 102 Å². The topological polar surface area (TPSA) is 64.6 Å². The normalized spacial score (nSPS) is 25.8. The number of likely N-dealkylation sites (tertiary alicyclic amines) is 1. The average Bonchev–Trinajstić information content (AvgIpc) is 2.29. The van der Waals surface area contributed by atoms with Gasteiger partial charge in [0.1, 0.15) is 0 Å². The van der Waals surface area contributed by atoms with Gasteiger partial charge in [-0.05, 0) is 23.6 Å². The Morgan fingerprint density at radius 2 is 1.71 bits per heavy atom. The van der Waals surface area contributed by atoms with Crippen LogP contribution in [0.1, 0.15) is 24.3 Å². The summed E-state index contributed by atoms with van der Waals surface area (Å²) in [6.45, 7) is 2.14. The molecule has 0 saturated carbocycles. The second-order valence-electron chi connectivity index (χ2n) is 4.64. The third-order valence-corrected chi connectivity index (χ3v) is 4.30. The average molecular weight is 254 g/mol. The summed E-state index contributed by atoms with van der Waals surface area (Å²) in [5, 5.41) is 5.06. The summed E-state index contributed by atoms with van der Waals surface area (Å²) >= 11 is 0. The molecule has 0 radical (unpaired) electrons. The maximum atomic E-state index is 11.1. The van der Waals surface area contributed by atoms with Crippen molar-refractivity contribution in [1.29, 1.82) is 0 Å². The Morgan fingerprint density at radius 1 is 1.18 bits per heavy atom. The molecule has 0 spiro atoms. The first-order chi connectivity index (χ1) is 7.97. The highest BCUT2D eigenvalue weighted by atomic mass is 32.2. The molecule has 0 bridgehead atoms.